The number of amides is 3. The van der Waals surface area contributed by atoms with E-state index in [0.717, 1.165) is 11.0 Å². The van der Waals surface area contributed by atoms with Crippen molar-refractivity contribution in [2.75, 3.05) is 16.8 Å². The summed E-state index contributed by atoms with van der Waals surface area (Å²) < 4.78 is 40.1. The van der Waals surface area contributed by atoms with E-state index in [1.54, 1.807) is 12.1 Å². The van der Waals surface area contributed by atoms with Gasteiger partial charge in [0.1, 0.15) is 0 Å². The summed E-state index contributed by atoms with van der Waals surface area (Å²) in [7, 11) is 0. The molecule has 0 spiro atoms. The lowest BCUT2D eigenvalue weighted by atomic mass is 10.1. The largest absolute Gasteiger partial charge is 0.481 e. The van der Waals surface area contributed by atoms with Crippen LogP contribution in [0.2, 0.25) is 15.1 Å². The van der Waals surface area contributed by atoms with Gasteiger partial charge in [0, 0.05) is 17.8 Å². The smallest absolute Gasteiger partial charge is 0.417 e. The van der Waals surface area contributed by atoms with E-state index < -0.39 is 34.7 Å². The fourth-order valence-electron chi connectivity index (χ4n) is 3.70. The zero-order chi connectivity index (χ0) is 29.9. The number of nitrogens with zero attached hydrogens (tertiary/aromatic N) is 2. The number of urea groups is 1. The van der Waals surface area contributed by atoms with E-state index in [2.05, 4.69) is 20.6 Å². The van der Waals surface area contributed by atoms with Gasteiger partial charge in [-0.1, -0.05) is 46.9 Å². The molecular weight excluding hydrogens is 610 g/mol. The van der Waals surface area contributed by atoms with Gasteiger partial charge in [0.05, 0.1) is 44.6 Å². The third kappa shape index (κ3) is 7.40. The Bertz CT molecular complexity index is 1590. The van der Waals surface area contributed by atoms with Crippen LogP contribution >= 0.6 is 34.8 Å². The van der Waals surface area contributed by atoms with Crippen molar-refractivity contribution >= 4 is 75.4 Å². The molecule has 3 amide bonds. The third-order valence-electron chi connectivity index (χ3n) is 5.72. The van der Waals surface area contributed by atoms with Crippen molar-refractivity contribution in [3.8, 4) is 0 Å². The Labute approximate surface area is 245 Å². The minimum absolute atomic E-state index is 0.0383. The first kappa shape index (κ1) is 30.0. The van der Waals surface area contributed by atoms with Gasteiger partial charge in [-0.3, -0.25) is 14.5 Å². The number of hydrogen-bond donors (Lipinski definition) is 4. The molecular formula is C26H19Cl3F3N5O4. The molecule has 41 heavy (non-hydrogen) atoms. The van der Waals surface area contributed by atoms with Gasteiger partial charge < -0.3 is 20.7 Å². The number of carbonyl (C=O) groups is 3. The van der Waals surface area contributed by atoms with Gasteiger partial charge in [-0.25, -0.2) is 9.78 Å². The molecule has 9 nitrogen and oxygen atoms in total. The molecule has 0 saturated carbocycles. The predicted molar refractivity (Wildman–Crippen MR) is 149 cm³/mol. The molecule has 0 radical (unpaired) electrons. The number of aromatic nitrogens is 2. The summed E-state index contributed by atoms with van der Waals surface area (Å²) in [6, 6.07) is 11.2. The Morgan fingerprint density at radius 3 is 2.29 bits per heavy atom. The second-order valence-corrected chi connectivity index (χ2v) is 9.87. The fraction of sp³-hybridized carbons (Fsp3) is 0.154. The zero-order valence-electron chi connectivity index (χ0n) is 20.7. The number of H-pyrrole nitrogens is 1. The first-order chi connectivity index (χ1) is 19.3. The standard InChI is InChI=1S/C26H19Cl3F3N5O4/c27-17-6-5-15(9-16(17)26(30,31)32)34-25(41)37(24-35-20-10-18(28)19(29)11-21(20)36-24)12-13-1-3-14(4-2-13)23(40)33-8-7-22(38)39/h1-6,9-11H,7-8,12H2,(H,33,40)(H,34,41)(H,35,36)(H,38,39). The Morgan fingerprint density at radius 2 is 1.63 bits per heavy atom. The van der Waals surface area contributed by atoms with Crippen LogP contribution in [0.5, 0.6) is 0 Å². The number of aromatic amines is 1. The van der Waals surface area contributed by atoms with Gasteiger partial charge in [0.15, 0.2) is 0 Å². The predicted octanol–water partition coefficient (Wildman–Crippen LogP) is 6.99. The molecule has 4 N–H and O–H groups in total. The van der Waals surface area contributed by atoms with Crippen molar-refractivity contribution < 1.29 is 32.7 Å². The highest BCUT2D eigenvalue weighted by atomic mass is 35.5. The molecule has 0 bridgehead atoms. The number of fused-ring (bicyclic) bond motifs is 1. The first-order valence-electron chi connectivity index (χ1n) is 11.7. The number of halogens is 6. The van der Waals surface area contributed by atoms with Crippen LogP contribution in [0.4, 0.5) is 29.6 Å². The molecule has 0 atom stereocenters. The molecule has 0 aliphatic carbocycles. The highest BCUT2D eigenvalue weighted by molar-refractivity contribution is 6.42. The lowest BCUT2D eigenvalue weighted by Crippen LogP contribution is -2.35. The highest BCUT2D eigenvalue weighted by Crippen LogP contribution is 2.36. The van der Waals surface area contributed by atoms with E-state index in [1.807, 2.05) is 0 Å². The Hall–Kier alpha value is -4.00. The maximum Gasteiger partial charge on any atom is 0.417 e. The Balaban J connectivity index is 1.62. The quantitative estimate of drug-likeness (QED) is 0.167. The van der Waals surface area contributed by atoms with Crippen LogP contribution in [0.3, 0.4) is 0 Å². The number of nitrogens with one attached hydrogen (secondary N) is 3. The van der Waals surface area contributed by atoms with Crippen LogP contribution in [0.1, 0.15) is 27.9 Å². The minimum Gasteiger partial charge on any atom is -0.481 e. The van der Waals surface area contributed by atoms with Crippen molar-refractivity contribution in [1.82, 2.24) is 15.3 Å². The number of carbonyl (C=O) groups excluding carboxylic acids is 2. The number of aliphatic carboxylic acids is 1. The zero-order valence-corrected chi connectivity index (χ0v) is 22.9. The summed E-state index contributed by atoms with van der Waals surface area (Å²) in [4.78, 5) is 44.8. The lowest BCUT2D eigenvalue weighted by Gasteiger charge is -2.21. The normalized spacial score (nSPS) is 11.4. The fourth-order valence-corrected chi connectivity index (χ4v) is 4.25. The number of rotatable bonds is 8. The minimum atomic E-state index is -4.74. The van der Waals surface area contributed by atoms with Crippen LogP contribution in [0.25, 0.3) is 11.0 Å². The van der Waals surface area contributed by atoms with E-state index in [1.165, 1.54) is 30.3 Å². The second-order valence-electron chi connectivity index (χ2n) is 8.65. The number of carboxylic acids is 1. The van der Waals surface area contributed by atoms with Crippen LogP contribution in [-0.2, 0) is 17.5 Å². The monoisotopic (exact) mass is 627 g/mol. The van der Waals surface area contributed by atoms with Crippen molar-refractivity contribution in [1.29, 1.82) is 0 Å². The van der Waals surface area contributed by atoms with Crippen LogP contribution in [-0.4, -0.2) is 39.5 Å². The molecule has 0 aliphatic heterocycles. The maximum absolute atomic E-state index is 13.4. The average Bonchev–Trinajstić information content (AvgIpc) is 3.30. The van der Waals surface area contributed by atoms with Crippen LogP contribution in [0, 0.1) is 0 Å². The summed E-state index contributed by atoms with van der Waals surface area (Å²) in [5.41, 5.74) is 0.341. The van der Waals surface area contributed by atoms with Crippen molar-refractivity contribution in [3.05, 3.63) is 86.4 Å². The molecule has 214 valence electrons. The molecule has 1 heterocycles. The van der Waals surface area contributed by atoms with Crippen molar-refractivity contribution in [3.63, 3.8) is 0 Å². The van der Waals surface area contributed by atoms with Gasteiger partial charge >= 0.3 is 18.2 Å². The van der Waals surface area contributed by atoms with E-state index in [-0.39, 0.29) is 46.8 Å². The first-order valence-corrected chi connectivity index (χ1v) is 12.8. The van der Waals surface area contributed by atoms with Gasteiger partial charge in [0.25, 0.3) is 5.91 Å². The number of carboxylic acid groups (broad SMARTS) is 1. The summed E-state index contributed by atoms with van der Waals surface area (Å²) in [6.45, 7) is -0.168. The topological polar surface area (TPSA) is 127 Å². The third-order valence-corrected chi connectivity index (χ3v) is 6.77. The summed E-state index contributed by atoms with van der Waals surface area (Å²) in [5.74, 6) is -1.50. The van der Waals surface area contributed by atoms with Crippen molar-refractivity contribution in [2.45, 2.75) is 19.1 Å². The molecule has 0 aliphatic rings. The maximum atomic E-state index is 13.4. The van der Waals surface area contributed by atoms with Gasteiger partial charge in [-0.05, 0) is 48.0 Å². The summed E-state index contributed by atoms with van der Waals surface area (Å²) >= 11 is 17.9. The molecule has 3 aromatic carbocycles. The van der Waals surface area contributed by atoms with Gasteiger partial charge in [0.2, 0.25) is 5.95 Å². The molecule has 4 aromatic rings. The SMILES string of the molecule is O=C(O)CCNC(=O)c1ccc(CN(C(=O)Nc2ccc(Cl)c(C(F)(F)F)c2)c2nc3cc(Cl)c(Cl)cc3[nH]2)cc1. The average molecular weight is 629 g/mol. The number of hydrogen-bond acceptors (Lipinski definition) is 4. The number of anilines is 2. The van der Waals surface area contributed by atoms with Crippen molar-refractivity contribution in [2.24, 2.45) is 0 Å². The molecule has 4 rings (SSSR count). The Kier molecular flexibility index (Phi) is 8.95. The van der Waals surface area contributed by atoms with E-state index in [9.17, 15) is 27.6 Å². The number of benzene rings is 3. The summed E-state index contributed by atoms with van der Waals surface area (Å²) in [6.07, 6.45) is -4.98. The van der Waals surface area contributed by atoms with Gasteiger partial charge in [-0.15, -0.1) is 0 Å². The van der Waals surface area contributed by atoms with E-state index in [0.29, 0.717) is 22.7 Å². The molecule has 15 heteroatoms. The molecule has 0 unspecified atom stereocenters. The van der Waals surface area contributed by atoms with Gasteiger partial charge in [-0.2, -0.15) is 13.2 Å². The molecule has 0 saturated heterocycles. The lowest BCUT2D eigenvalue weighted by molar-refractivity contribution is -0.138. The second kappa shape index (κ2) is 12.2. The van der Waals surface area contributed by atoms with E-state index >= 15 is 0 Å². The van der Waals surface area contributed by atoms with Crippen LogP contribution < -0.4 is 15.5 Å². The van der Waals surface area contributed by atoms with Crippen LogP contribution in [0.15, 0.2) is 54.6 Å². The van der Waals surface area contributed by atoms with E-state index in [4.69, 9.17) is 39.9 Å². The number of imidazole rings is 1. The Morgan fingerprint density at radius 1 is 0.951 bits per heavy atom. The molecule has 0 fully saturated rings. The molecule has 1 aromatic heterocycles. The highest BCUT2D eigenvalue weighted by Gasteiger charge is 2.33. The number of alkyl halides is 3. The summed E-state index contributed by atoms with van der Waals surface area (Å²) in [5, 5.41) is 13.6.